The number of hydrogen-bond acceptors (Lipinski definition) is 4. The molecule has 0 aliphatic rings. The van der Waals surface area contributed by atoms with Crippen molar-refractivity contribution in [2.75, 3.05) is 0 Å². The number of aryl methyl sites for hydroxylation is 3. The minimum atomic E-state index is 0.607. The van der Waals surface area contributed by atoms with E-state index >= 15 is 0 Å². The zero-order valence-electron chi connectivity index (χ0n) is 22.0. The predicted octanol–water partition coefficient (Wildman–Crippen LogP) is 6.91. The summed E-state index contributed by atoms with van der Waals surface area (Å²) in [6.45, 7) is 2.13. The molecule has 0 amide bonds. The molecule has 6 heteroatoms. The molecule has 7 rings (SSSR count). The van der Waals surface area contributed by atoms with Crippen LogP contribution in [-0.4, -0.2) is 19.5 Å². The second kappa shape index (κ2) is 9.03. The van der Waals surface area contributed by atoms with Crippen molar-refractivity contribution in [3.63, 3.8) is 0 Å². The van der Waals surface area contributed by atoms with Crippen molar-refractivity contribution < 1.29 is 8.98 Å². The monoisotopic (exact) mass is 508 g/mol. The Bertz CT molecular complexity index is 1910. The number of benzene rings is 4. The molecule has 7 aromatic rings. The van der Waals surface area contributed by atoms with Gasteiger partial charge in [-0.15, -0.1) is 0 Å². The van der Waals surface area contributed by atoms with E-state index in [-0.39, 0.29) is 0 Å². The SMILES string of the molecule is Cc1ccc2c(oc3cc(-c4nc(-c5ccccc5)nc(-c5ccccc5)n4)ccc32)c1-c1n(C)cc[n+]1C. The second-order valence-corrected chi connectivity index (χ2v) is 9.83. The van der Waals surface area contributed by atoms with E-state index in [1.165, 1.54) is 0 Å². The molecule has 0 aliphatic heterocycles. The Hall–Kier alpha value is -5.10. The van der Waals surface area contributed by atoms with Crippen LogP contribution < -0.4 is 4.57 Å². The van der Waals surface area contributed by atoms with Gasteiger partial charge in [0.15, 0.2) is 23.1 Å². The van der Waals surface area contributed by atoms with Gasteiger partial charge < -0.3 is 4.42 Å². The number of furan rings is 1. The zero-order chi connectivity index (χ0) is 26.5. The van der Waals surface area contributed by atoms with Gasteiger partial charge in [0.2, 0.25) is 0 Å². The quantitative estimate of drug-likeness (QED) is 0.242. The van der Waals surface area contributed by atoms with Crippen molar-refractivity contribution in [3.05, 3.63) is 109 Å². The Labute approximate surface area is 225 Å². The summed E-state index contributed by atoms with van der Waals surface area (Å²) in [5.41, 5.74) is 6.70. The molecule has 188 valence electrons. The van der Waals surface area contributed by atoms with E-state index in [1.54, 1.807) is 0 Å². The Kier molecular flexibility index (Phi) is 5.33. The summed E-state index contributed by atoms with van der Waals surface area (Å²) >= 11 is 0. The topological polar surface area (TPSA) is 60.6 Å². The lowest BCUT2D eigenvalue weighted by atomic mass is 10.0. The van der Waals surface area contributed by atoms with Crippen LogP contribution in [0.1, 0.15) is 5.56 Å². The fourth-order valence-electron chi connectivity index (χ4n) is 5.24. The number of fused-ring (bicyclic) bond motifs is 3. The largest absolute Gasteiger partial charge is 0.455 e. The zero-order valence-corrected chi connectivity index (χ0v) is 22.0. The average molecular weight is 509 g/mol. The van der Waals surface area contributed by atoms with E-state index < -0.39 is 0 Å². The van der Waals surface area contributed by atoms with Crippen LogP contribution in [0.25, 0.3) is 67.5 Å². The third-order valence-corrected chi connectivity index (χ3v) is 7.21. The molecule has 6 nitrogen and oxygen atoms in total. The number of nitrogens with zero attached hydrogens (tertiary/aromatic N) is 5. The van der Waals surface area contributed by atoms with Crippen LogP contribution in [-0.2, 0) is 14.1 Å². The molecule has 0 saturated carbocycles. The first-order valence-electron chi connectivity index (χ1n) is 12.9. The number of aromatic nitrogens is 5. The second-order valence-electron chi connectivity index (χ2n) is 9.83. The molecular weight excluding hydrogens is 482 g/mol. The maximum atomic E-state index is 6.59. The van der Waals surface area contributed by atoms with Gasteiger partial charge in [0, 0.05) is 27.5 Å². The maximum absolute atomic E-state index is 6.59. The van der Waals surface area contributed by atoms with Gasteiger partial charge >= 0.3 is 0 Å². The van der Waals surface area contributed by atoms with Crippen LogP contribution in [0.4, 0.5) is 0 Å². The molecule has 39 heavy (non-hydrogen) atoms. The normalized spacial score (nSPS) is 11.5. The van der Waals surface area contributed by atoms with Crippen molar-refractivity contribution in [1.29, 1.82) is 0 Å². The first kappa shape index (κ1) is 23.0. The third kappa shape index (κ3) is 3.89. The van der Waals surface area contributed by atoms with Gasteiger partial charge in [-0.25, -0.2) is 24.1 Å². The molecule has 3 heterocycles. The number of rotatable bonds is 4. The van der Waals surface area contributed by atoms with Crippen molar-refractivity contribution in [1.82, 2.24) is 19.5 Å². The molecular formula is C33H26N5O+. The molecule has 0 atom stereocenters. The van der Waals surface area contributed by atoms with Crippen LogP contribution in [0, 0.1) is 6.92 Å². The molecule has 0 bridgehead atoms. The highest BCUT2D eigenvalue weighted by molar-refractivity contribution is 6.10. The molecule has 4 aromatic carbocycles. The average Bonchev–Trinajstić information content (AvgIpc) is 3.52. The number of hydrogen-bond donors (Lipinski definition) is 0. The first-order chi connectivity index (χ1) is 19.1. The van der Waals surface area contributed by atoms with Gasteiger partial charge in [-0.2, -0.15) is 0 Å². The third-order valence-electron chi connectivity index (χ3n) is 7.21. The highest BCUT2D eigenvalue weighted by Gasteiger charge is 2.24. The van der Waals surface area contributed by atoms with Gasteiger partial charge in [-0.05, 0) is 24.6 Å². The smallest absolute Gasteiger partial charge is 0.292 e. The minimum absolute atomic E-state index is 0.607. The van der Waals surface area contributed by atoms with Crippen LogP contribution in [0.2, 0.25) is 0 Å². The van der Waals surface area contributed by atoms with Gasteiger partial charge in [0.1, 0.15) is 23.5 Å². The molecule has 3 aromatic heterocycles. The molecule has 0 unspecified atom stereocenters. The number of imidazole rings is 1. The van der Waals surface area contributed by atoms with Crippen molar-refractivity contribution in [2.45, 2.75) is 6.92 Å². The molecule has 0 aliphatic carbocycles. The van der Waals surface area contributed by atoms with E-state index in [9.17, 15) is 0 Å². The van der Waals surface area contributed by atoms with Crippen molar-refractivity contribution in [3.8, 4) is 45.6 Å². The van der Waals surface area contributed by atoms with E-state index in [4.69, 9.17) is 19.4 Å². The molecule has 0 saturated heterocycles. The Morgan fingerprint density at radius 1 is 0.692 bits per heavy atom. The molecule has 0 radical (unpaired) electrons. The van der Waals surface area contributed by atoms with E-state index in [1.807, 2.05) is 66.7 Å². The van der Waals surface area contributed by atoms with Crippen molar-refractivity contribution in [2.24, 2.45) is 14.1 Å². The van der Waals surface area contributed by atoms with Gasteiger partial charge in [-0.3, -0.25) is 0 Å². The van der Waals surface area contributed by atoms with E-state index in [2.05, 4.69) is 66.8 Å². The maximum Gasteiger partial charge on any atom is 0.292 e. The summed E-state index contributed by atoms with van der Waals surface area (Å²) in [4.78, 5) is 14.6. The van der Waals surface area contributed by atoms with Crippen LogP contribution in [0.3, 0.4) is 0 Å². The highest BCUT2D eigenvalue weighted by Crippen LogP contribution is 2.38. The first-order valence-corrected chi connectivity index (χ1v) is 12.9. The van der Waals surface area contributed by atoms with Gasteiger partial charge in [0.05, 0.1) is 14.1 Å². The lowest BCUT2D eigenvalue weighted by Gasteiger charge is -2.08. The Morgan fingerprint density at radius 3 is 1.87 bits per heavy atom. The summed E-state index contributed by atoms with van der Waals surface area (Å²) in [6.07, 6.45) is 4.12. The lowest BCUT2D eigenvalue weighted by Crippen LogP contribution is -2.29. The van der Waals surface area contributed by atoms with Gasteiger partial charge in [0.25, 0.3) is 5.82 Å². The van der Waals surface area contributed by atoms with Crippen LogP contribution >= 0.6 is 0 Å². The Morgan fingerprint density at radius 2 is 1.28 bits per heavy atom. The molecule has 0 fully saturated rings. The molecule has 0 spiro atoms. The highest BCUT2D eigenvalue weighted by atomic mass is 16.3. The Balaban J connectivity index is 1.43. The fourth-order valence-corrected chi connectivity index (χ4v) is 5.24. The molecule has 0 N–H and O–H groups in total. The lowest BCUT2D eigenvalue weighted by molar-refractivity contribution is -0.659. The standard InChI is InChI=1S/C33H26N5O/c1-21-14-16-26-25-17-15-24(20-27(25)39-29(26)28(21)33-37(2)18-19-38(33)3)32-35-30(22-10-6-4-7-11-22)34-31(36-32)23-12-8-5-9-13-23/h4-20H,1-3H3/q+1. The fraction of sp³-hybridized carbons (Fsp3) is 0.0909. The predicted molar refractivity (Wildman–Crippen MR) is 154 cm³/mol. The van der Waals surface area contributed by atoms with E-state index in [0.717, 1.165) is 55.6 Å². The van der Waals surface area contributed by atoms with Crippen LogP contribution in [0.15, 0.2) is 108 Å². The summed E-state index contributed by atoms with van der Waals surface area (Å²) in [5.74, 6) is 2.97. The summed E-state index contributed by atoms with van der Waals surface area (Å²) in [6, 6.07) is 30.6. The summed E-state index contributed by atoms with van der Waals surface area (Å²) in [5, 5.41) is 2.15. The minimum Gasteiger partial charge on any atom is -0.455 e. The van der Waals surface area contributed by atoms with Crippen LogP contribution in [0.5, 0.6) is 0 Å². The summed E-state index contributed by atoms with van der Waals surface area (Å²) in [7, 11) is 4.12. The van der Waals surface area contributed by atoms with Gasteiger partial charge in [-0.1, -0.05) is 78.9 Å². The van der Waals surface area contributed by atoms with E-state index in [0.29, 0.717) is 17.5 Å². The summed E-state index contributed by atoms with van der Waals surface area (Å²) < 4.78 is 10.8. The van der Waals surface area contributed by atoms with Crippen molar-refractivity contribution >= 4 is 21.9 Å².